The van der Waals surface area contributed by atoms with Crippen LogP contribution >= 0.6 is 0 Å². The van der Waals surface area contributed by atoms with E-state index in [2.05, 4.69) is 27.7 Å². The van der Waals surface area contributed by atoms with Gasteiger partial charge in [0, 0.05) is 5.41 Å². The van der Waals surface area contributed by atoms with E-state index in [4.69, 9.17) is 9.47 Å². The third-order valence-electron chi connectivity index (χ3n) is 8.41. The standard InChI is InChI=1S/C15H28O2.C13H24O2/c1-7-14(5,6)12(16)17-15(13(2,3)4)10-8-9-11-15;1-5-12(3,4)11(14)15-13(6-2)9-7-8-10-13/h7-11H2,1-6H3;5-10H2,1-4H3. The predicted octanol–water partition coefficient (Wildman–Crippen LogP) is 8.01. The van der Waals surface area contributed by atoms with Gasteiger partial charge in [-0.2, -0.15) is 0 Å². The Bertz CT molecular complexity index is 612. The second-order valence-electron chi connectivity index (χ2n) is 12.4. The Kier molecular flexibility index (Phi) is 9.88. The van der Waals surface area contributed by atoms with Crippen molar-refractivity contribution >= 4 is 11.9 Å². The van der Waals surface area contributed by atoms with Crippen LogP contribution in [-0.2, 0) is 19.1 Å². The SMILES string of the molecule is CCC(C)(C)C(=O)OC1(C(C)(C)C)CCCC1.CCC1(OC(=O)C(C)(C)CC)CCCC1. The number of hydrogen-bond acceptors (Lipinski definition) is 4. The lowest BCUT2D eigenvalue weighted by molar-refractivity contribution is -0.183. The van der Waals surface area contributed by atoms with Gasteiger partial charge in [-0.3, -0.25) is 9.59 Å². The second kappa shape index (κ2) is 10.9. The van der Waals surface area contributed by atoms with Crippen molar-refractivity contribution in [2.75, 3.05) is 0 Å². The predicted molar refractivity (Wildman–Crippen MR) is 132 cm³/mol. The largest absolute Gasteiger partial charge is 0.459 e. The van der Waals surface area contributed by atoms with Crippen LogP contribution < -0.4 is 0 Å². The van der Waals surface area contributed by atoms with Gasteiger partial charge in [0.05, 0.1) is 10.8 Å². The fourth-order valence-electron chi connectivity index (χ4n) is 4.44. The van der Waals surface area contributed by atoms with Crippen LogP contribution in [0.3, 0.4) is 0 Å². The number of ether oxygens (including phenoxy) is 2. The van der Waals surface area contributed by atoms with Crippen LogP contribution in [0.1, 0.15) is 140 Å². The van der Waals surface area contributed by atoms with E-state index >= 15 is 0 Å². The summed E-state index contributed by atoms with van der Waals surface area (Å²) >= 11 is 0. The zero-order valence-corrected chi connectivity index (χ0v) is 22.9. The molecule has 32 heavy (non-hydrogen) atoms. The molecule has 0 aliphatic heterocycles. The first-order chi connectivity index (χ1) is 14.6. The number of rotatable bonds is 7. The van der Waals surface area contributed by atoms with Gasteiger partial charge in [-0.05, 0) is 98.3 Å². The van der Waals surface area contributed by atoms with Crippen LogP contribution in [0.2, 0.25) is 0 Å². The molecule has 0 radical (unpaired) electrons. The van der Waals surface area contributed by atoms with Crippen molar-refractivity contribution in [2.45, 2.75) is 151 Å². The number of carbonyl (C=O) groups excluding carboxylic acids is 2. The lowest BCUT2D eigenvalue weighted by atomic mass is 9.74. The molecule has 0 aromatic heterocycles. The topological polar surface area (TPSA) is 52.6 Å². The van der Waals surface area contributed by atoms with E-state index in [-0.39, 0.29) is 39.4 Å². The minimum atomic E-state index is -0.360. The third kappa shape index (κ3) is 6.97. The van der Waals surface area contributed by atoms with Crippen LogP contribution in [0.15, 0.2) is 0 Å². The first-order valence-corrected chi connectivity index (χ1v) is 13.1. The molecule has 0 amide bonds. The summed E-state index contributed by atoms with van der Waals surface area (Å²) in [5, 5.41) is 0. The van der Waals surface area contributed by atoms with Crippen molar-refractivity contribution < 1.29 is 19.1 Å². The highest BCUT2D eigenvalue weighted by atomic mass is 16.6. The Balaban J connectivity index is 0.000000323. The summed E-state index contributed by atoms with van der Waals surface area (Å²) in [6.07, 6.45) is 11.5. The molecule has 0 saturated heterocycles. The monoisotopic (exact) mass is 452 g/mol. The quantitative estimate of drug-likeness (QED) is 0.367. The summed E-state index contributed by atoms with van der Waals surface area (Å²) in [6.45, 7) is 20.6. The molecule has 2 rings (SSSR count). The van der Waals surface area contributed by atoms with Gasteiger partial charge >= 0.3 is 11.9 Å². The van der Waals surface area contributed by atoms with Crippen molar-refractivity contribution in [2.24, 2.45) is 16.2 Å². The van der Waals surface area contributed by atoms with E-state index < -0.39 is 0 Å². The van der Waals surface area contributed by atoms with Crippen LogP contribution in [0, 0.1) is 16.2 Å². The van der Waals surface area contributed by atoms with Gasteiger partial charge in [0.15, 0.2) is 0 Å². The van der Waals surface area contributed by atoms with Crippen molar-refractivity contribution in [3.63, 3.8) is 0 Å². The Morgan fingerprint density at radius 3 is 1.38 bits per heavy atom. The number of esters is 2. The Morgan fingerprint density at radius 1 is 0.656 bits per heavy atom. The highest BCUT2D eigenvalue weighted by Gasteiger charge is 2.49. The number of carbonyl (C=O) groups is 2. The van der Waals surface area contributed by atoms with E-state index in [1.165, 1.54) is 25.7 Å². The normalized spacial score (nSPS) is 20.3. The molecule has 4 heteroatoms. The Hall–Kier alpha value is -1.06. The maximum absolute atomic E-state index is 12.3. The van der Waals surface area contributed by atoms with Crippen LogP contribution in [0.4, 0.5) is 0 Å². The minimum absolute atomic E-state index is 0.0197. The van der Waals surface area contributed by atoms with Gasteiger partial charge in [0.2, 0.25) is 0 Å². The maximum Gasteiger partial charge on any atom is 0.312 e. The van der Waals surface area contributed by atoms with Gasteiger partial charge < -0.3 is 9.47 Å². The number of hydrogen-bond donors (Lipinski definition) is 0. The molecule has 0 heterocycles. The summed E-state index contributed by atoms with van der Waals surface area (Å²) in [5.41, 5.74) is -1.03. The molecular formula is C28H52O4. The summed E-state index contributed by atoms with van der Waals surface area (Å²) < 4.78 is 11.7. The second-order valence-corrected chi connectivity index (χ2v) is 12.4. The summed E-state index contributed by atoms with van der Waals surface area (Å²) in [4.78, 5) is 24.3. The maximum atomic E-state index is 12.3. The molecule has 2 saturated carbocycles. The van der Waals surface area contributed by atoms with E-state index in [1.54, 1.807) is 0 Å². The Morgan fingerprint density at radius 2 is 1.03 bits per heavy atom. The first kappa shape index (κ1) is 29.0. The summed E-state index contributed by atoms with van der Waals surface area (Å²) in [5.74, 6) is -0.0504. The molecule has 2 aliphatic rings. The average Bonchev–Trinajstić information content (AvgIpc) is 3.39. The van der Waals surface area contributed by atoms with E-state index in [0.29, 0.717) is 0 Å². The average molecular weight is 453 g/mol. The molecule has 0 unspecified atom stereocenters. The van der Waals surface area contributed by atoms with E-state index in [0.717, 1.165) is 44.9 Å². The van der Waals surface area contributed by atoms with E-state index in [1.807, 2.05) is 41.5 Å². The molecule has 188 valence electrons. The highest BCUT2D eigenvalue weighted by molar-refractivity contribution is 5.76. The molecule has 0 bridgehead atoms. The molecule has 0 aromatic rings. The molecule has 2 aliphatic carbocycles. The van der Waals surface area contributed by atoms with Gasteiger partial charge in [-0.15, -0.1) is 0 Å². The molecule has 0 atom stereocenters. The molecule has 2 fully saturated rings. The lowest BCUT2D eigenvalue weighted by Gasteiger charge is -2.42. The molecule has 0 N–H and O–H groups in total. The van der Waals surface area contributed by atoms with Gasteiger partial charge in [0.25, 0.3) is 0 Å². The van der Waals surface area contributed by atoms with Crippen molar-refractivity contribution in [3.8, 4) is 0 Å². The van der Waals surface area contributed by atoms with Crippen LogP contribution in [0.25, 0.3) is 0 Å². The van der Waals surface area contributed by atoms with Crippen molar-refractivity contribution in [1.29, 1.82) is 0 Å². The Labute approximate surface area is 198 Å². The van der Waals surface area contributed by atoms with Crippen LogP contribution in [-0.4, -0.2) is 23.1 Å². The van der Waals surface area contributed by atoms with Gasteiger partial charge in [-0.25, -0.2) is 0 Å². The molecule has 0 aromatic carbocycles. The van der Waals surface area contributed by atoms with Crippen molar-refractivity contribution in [3.05, 3.63) is 0 Å². The lowest BCUT2D eigenvalue weighted by Crippen LogP contribution is -2.47. The summed E-state index contributed by atoms with van der Waals surface area (Å²) in [6, 6.07) is 0. The molecule has 0 spiro atoms. The van der Waals surface area contributed by atoms with Crippen molar-refractivity contribution in [1.82, 2.24) is 0 Å². The molecule has 4 nitrogen and oxygen atoms in total. The zero-order valence-electron chi connectivity index (χ0n) is 22.9. The summed E-state index contributed by atoms with van der Waals surface area (Å²) in [7, 11) is 0. The van der Waals surface area contributed by atoms with Crippen LogP contribution in [0.5, 0.6) is 0 Å². The van der Waals surface area contributed by atoms with Gasteiger partial charge in [-0.1, -0.05) is 41.5 Å². The third-order valence-corrected chi connectivity index (χ3v) is 8.41. The minimum Gasteiger partial charge on any atom is -0.459 e. The zero-order chi connectivity index (χ0) is 24.8. The smallest absolute Gasteiger partial charge is 0.312 e. The molecular weight excluding hydrogens is 400 g/mol. The fourth-order valence-corrected chi connectivity index (χ4v) is 4.44. The first-order valence-electron chi connectivity index (χ1n) is 13.1. The fraction of sp³-hybridized carbons (Fsp3) is 0.929. The van der Waals surface area contributed by atoms with E-state index in [9.17, 15) is 9.59 Å². The van der Waals surface area contributed by atoms with Gasteiger partial charge in [0.1, 0.15) is 11.2 Å². The highest BCUT2D eigenvalue weighted by Crippen LogP contribution is 2.47.